The molecule has 0 spiro atoms. The summed E-state index contributed by atoms with van der Waals surface area (Å²) in [6.45, 7) is 2.53. The number of rotatable bonds is 6. The van der Waals surface area contributed by atoms with Crippen LogP contribution in [0.25, 0.3) is 0 Å². The lowest BCUT2D eigenvalue weighted by atomic mass is 10.1. The molecule has 1 unspecified atom stereocenters. The highest BCUT2D eigenvalue weighted by atomic mass is 19.1. The minimum absolute atomic E-state index is 0.196. The maximum Gasteiger partial charge on any atom is 0.190 e. The summed E-state index contributed by atoms with van der Waals surface area (Å²) >= 11 is 0. The van der Waals surface area contributed by atoms with Crippen molar-refractivity contribution in [2.24, 2.45) is 4.99 Å². The molecule has 116 valence electrons. The Labute approximate surface area is 125 Å². The number of benzene rings is 1. The second-order valence-electron chi connectivity index (χ2n) is 5.23. The molecular formula is C16H24FN3O. The van der Waals surface area contributed by atoms with Crippen molar-refractivity contribution in [3.05, 3.63) is 35.6 Å². The average Bonchev–Trinajstić information content (AvgIpc) is 3.01. The zero-order valence-corrected chi connectivity index (χ0v) is 12.6. The fourth-order valence-electron chi connectivity index (χ4n) is 2.42. The van der Waals surface area contributed by atoms with Crippen molar-refractivity contribution >= 4 is 5.96 Å². The molecule has 1 atom stereocenters. The summed E-state index contributed by atoms with van der Waals surface area (Å²) in [6, 6.07) is 6.60. The summed E-state index contributed by atoms with van der Waals surface area (Å²) in [4.78, 5) is 4.19. The Morgan fingerprint density at radius 1 is 1.29 bits per heavy atom. The molecule has 2 N–H and O–H groups in total. The SMILES string of the molecule is CN=C(NCCc1ccc(F)cc1)NCCC1CCCO1. The minimum Gasteiger partial charge on any atom is -0.378 e. The van der Waals surface area contributed by atoms with Gasteiger partial charge in [-0.05, 0) is 43.4 Å². The van der Waals surface area contributed by atoms with E-state index in [0.29, 0.717) is 6.10 Å². The van der Waals surface area contributed by atoms with Crippen LogP contribution in [0.2, 0.25) is 0 Å². The van der Waals surface area contributed by atoms with E-state index in [1.165, 1.54) is 18.6 Å². The van der Waals surface area contributed by atoms with Gasteiger partial charge in [-0.3, -0.25) is 4.99 Å². The number of ether oxygens (including phenoxy) is 1. The van der Waals surface area contributed by atoms with Crippen LogP contribution >= 0.6 is 0 Å². The van der Waals surface area contributed by atoms with Crippen molar-refractivity contribution in [3.63, 3.8) is 0 Å². The van der Waals surface area contributed by atoms with Gasteiger partial charge < -0.3 is 15.4 Å². The molecule has 0 aromatic heterocycles. The fraction of sp³-hybridized carbons (Fsp3) is 0.562. The van der Waals surface area contributed by atoms with Crippen molar-refractivity contribution < 1.29 is 9.13 Å². The van der Waals surface area contributed by atoms with Crippen molar-refractivity contribution in [3.8, 4) is 0 Å². The van der Waals surface area contributed by atoms with Gasteiger partial charge in [0.05, 0.1) is 6.10 Å². The quantitative estimate of drug-likeness (QED) is 0.624. The van der Waals surface area contributed by atoms with E-state index in [9.17, 15) is 4.39 Å². The van der Waals surface area contributed by atoms with Crippen molar-refractivity contribution in [1.29, 1.82) is 0 Å². The highest BCUT2D eigenvalue weighted by molar-refractivity contribution is 5.79. The van der Waals surface area contributed by atoms with Gasteiger partial charge in [0.25, 0.3) is 0 Å². The first-order valence-electron chi connectivity index (χ1n) is 7.58. The van der Waals surface area contributed by atoms with E-state index in [1.807, 2.05) is 12.1 Å². The molecule has 0 bridgehead atoms. The van der Waals surface area contributed by atoms with Gasteiger partial charge in [0.2, 0.25) is 0 Å². The van der Waals surface area contributed by atoms with Gasteiger partial charge in [-0.25, -0.2) is 4.39 Å². The molecule has 5 heteroatoms. The van der Waals surface area contributed by atoms with Crippen LogP contribution in [0.3, 0.4) is 0 Å². The second kappa shape index (κ2) is 8.62. The van der Waals surface area contributed by atoms with Gasteiger partial charge in [-0.15, -0.1) is 0 Å². The van der Waals surface area contributed by atoms with Crippen molar-refractivity contribution in [2.75, 3.05) is 26.7 Å². The largest absolute Gasteiger partial charge is 0.378 e. The van der Waals surface area contributed by atoms with E-state index in [0.717, 1.165) is 50.5 Å². The lowest BCUT2D eigenvalue weighted by molar-refractivity contribution is 0.105. The van der Waals surface area contributed by atoms with Crippen LogP contribution in [0.5, 0.6) is 0 Å². The monoisotopic (exact) mass is 293 g/mol. The molecule has 0 amide bonds. The lowest BCUT2D eigenvalue weighted by Crippen LogP contribution is -2.39. The summed E-state index contributed by atoms with van der Waals surface area (Å²) in [7, 11) is 1.76. The predicted molar refractivity (Wildman–Crippen MR) is 83.1 cm³/mol. The lowest BCUT2D eigenvalue weighted by Gasteiger charge is -2.14. The number of aliphatic imine (C=N–C) groups is 1. The molecule has 0 aliphatic carbocycles. The fourth-order valence-corrected chi connectivity index (χ4v) is 2.42. The maximum atomic E-state index is 12.8. The summed E-state index contributed by atoms with van der Waals surface area (Å²) < 4.78 is 18.4. The van der Waals surface area contributed by atoms with Crippen LogP contribution in [0.4, 0.5) is 4.39 Å². The number of nitrogens with zero attached hydrogens (tertiary/aromatic N) is 1. The van der Waals surface area contributed by atoms with Crippen molar-refractivity contribution in [2.45, 2.75) is 31.8 Å². The number of halogens is 1. The molecular weight excluding hydrogens is 269 g/mol. The summed E-state index contributed by atoms with van der Waals surface area (Å²) in [5, 5.41) is 6.55. The second-order valence-corrected chi connectivity index (χ2v) is 5.23. The third kappa shape index (κ3) is 5.71. The molecule has 1 aromatic carbocycles. The van der Waals surface area contributed by atoms with E-state index >= 15 is 0 Å². The first-order valence-corrected chi connectivity index (χ1v) is 7.58. The van der Waals surface area contributed by atoms with Crippen molar-refractivity contribution in [1.82, 2.24) is 10.6 Å². The molecule has 1 fully saturated rings. The molecule has 1 aliphatic heterocycles. The molecule has 1 aromatic rings. The maximum absolute atomic E-state index is 12.8. The Hall–Kier alpha value is -1.62. The Morgan fingerprint density at radius 2 is 2.05 bits per heavy atom. The number of nitrogens with one attached hydrogen (secondary N) is 2. The number of guanidine groups is 1. The Kier molecular flexibility index (Phi) is 6.47. The van der Waals surface area contributed by atoms with Gasteiger partial charge >= 0.3 is 0 Å². The summed E-state index contributed by atoms with van der Waals surface area (Å²) in [6.07, 6.45) is 4.59. The van der Waals surface area contributed by atoms with Crippen LogP contribution in [0.15, 0.2) is 29.3 Å². The molecule has 0 radical (unpaired) electrons. The molecule has 1 saturated heterocycles. The van der Waals surface area contributed by atoms with Gasteiger partial charge in [0.1, 0.15) is 5.82 Å². The topological polar surface area (TPSA) is 45.7 Å². The Balaban J connectivity index is 1.61. The van der Waals surface area contributed by atoms with E-state index in [-0.39, 0.29) is 5.82 Å². The van der Waals surface area contributed by atoms with Gasteiger partial charge in [0, 0.05) is 26.7 Å². The zero-order chi connectivity index (χ0) is 14.9. The first kappa shape index (κ1) is 15.8. The molecule has 1 heterocycles. The van der Waals surface area contributed by atoms with Gasteiger partial charge in [0.15, 0.2) is 5.96 Å². The highest BCUT2D eigenvalue weighted by Gasteiger charge is 2.14. The molecule has 2 rings (SSSR count). The number of hydrogen-bond donors (Lipinski definition) is 2. The van der Waals surface area contributed by atoms with E-state index < -0.39 is 0 Å². The van der Waals surface area contributed by atoms with Crippen LogP contribution in [0.1, 0.15) is 24.8 Å². The summed E-state index contributed by atoms with van der Waals surface area (Å²) in [5.41, 5.74) is 1.11. The van der Waals surface area contributed by atoms with Gasteiger partial charge in [-0.2, -0.15) is 0 Å². The minimum atomic E-state index is -0.196. The van der Waals surface area contributed by atoms with Crippen LogP contribution in [-0.4, -0.2) is 38.8 Å². The summed E-state index contributed by atoms with van der Waals surface area (Å²) in [5.74, 6) is 0.605. The van der Waals surface area contributed by atoms with Crippen LogP contribution in [0, 0.1) is 5.82 Å². The molecule has 0 saturated carbocycles. The zero-order valence-electron chi connectivity index (χ0n) is 12.6. The average molecular weight is 293 g/mol. The molecule has 1 aliphatic rings. The smallest absolute Gasteiger partial charge is 0.190 e. The van der Waals surface area contributed by atoms with E-state index in [4.69, 9.17) is 4.74 Å². The van der Waals surface area contributed by atoms with Gasteiger partial charge in [-0.1, -0.05) is 12.1 Å². The predicted octanol–water partition coefficient (Wildman–Crippen LogP) is 2.10. The van der Waals surface area contributed by atoms with Crippen LogP contribution in [-0.2, 0) is 11.2 Å². The third-order valence-electron chi connectivity index (χ3n) is 3.63. The number of hydrogen-bond acceptors (Lipinski definition) is 2. The molecule has 21 heavy (non-hydrogen) atoms. The molecule has 4 nitrogen and oxygen atoms in total. The third-order valence-corrected chi connectivity index (χ3v) is 3.63. The standard InChI is InChI=1S/C16H24FN3O/c1-18-16(20-11-9-15-3-2-12-21-15)19-10-8-13-4-6-14(17)7-5-13/h4-7,15H,2-3,8-12H2,1H3,(H2,18,19,20). The Bertz CT molecular complexity index is 441. The highest BCUT2D eigenvalue weighted by Crippen LogP contribution is 2.14. The van der Waals surface area contributed by atoms with Crippen LogP contribution < -0.4 is 10.6 Å². The Morgan fingerprint density at radius 3 is 2.71 bits per heavy atom. The van der Waals surface area contributed by atoms with E-state index in [2.05, 4.69) is 15.6 Å². The van der Waals surface area contributed by atoms with E-state index in [1.54, 1.807) is 7.05 Å². The first-order chi connectivity index (χ1) is 10.3. The normalized spacial score (nSPS) is 18.8.